The van der Waals surface area contributed by atoms with E-state index >= 15 is 0 Å². The summed E-state index contributed by atoms with van der Waals surface area (Å²) in [5.41, 5.74) is 4.01. The van der Waals surface area contributed by atoms with Gasteiger partial charge in [0.1, 0.15) is 6.54 Å². The van der Waals surface area contributed by atoms with Gasteiger partial charge in [-0.05, 0) is 75.1 Å². The summed E-state index contributed by atoms with van der Waals surface area (Å²) in [7, 11) is 3.10. The Morgan fingerprint density at radius 1 is 0.872 bits per heavy atom. The molecular formula is C32H43N3O4. The maximum Gasteiger partial charge on any atom is 0.254 e. The lowest BCUT2D eigenvalue weighted by atomic mass is 10.1. The number of carbonyl (C=O) groups is 2. The fraction of sp³-hybridized carbons (Fsp3) is 0.438. The van der Waals surface area contributed by atoms with Crippen molar-refractivity contribution < 1.29 is 19.1 Å². The van der Waals surface area contributed by atoms with Gasteiger partial charge in [-0.2, -0.15) is 0 Å². The van der Waals surface area contributed by atoms with E-state index in [1.807, 2.05) is 30.9 Å². The molecule has 0 aliphatic carbocycles. The molecule has 0 aliphatic heterocycles. The van der Waals surface area contributed by atoms with E-state index in [1.54, 1.807) is 37.3 Å². The largest absolute Gasteiger partial charge is 0.493 e. The molecule has 0 saturated heterocycles. The molecule has 3 rings (SSSR count). The van der Waals surface area contributed by atoms with Gasteiger partial charge in [-0.25, -0.2) is 0 Å². The predicted octanol–water partition coefficient (Wildman–Crippen LogP) is 5.93. The molecule has 0 aliphatic rings. The van der Waals surface area contributed by atoms with Gasteiger partial charge >= 0.3 is 0 Å². The number of aromatic nitrogens is 1. The highest BCUT2D eigenvalue weighted by Gasteiger charge is 2.28. The van der Waals surface area contributed by atoms with Crippen molar-refractivity contribution in [3.05, 3.63) is 83.2 Å². The Labute approximate surface area is 233 Å². The molecule has 0 saturated carbocycles. The van der Waals surface area contributed by atoms with E-state index in [2.05, 4.69) is 55.8 Å². The van der Waals surface area contributed by atoms with Crippen LogP contribution >= 0.6 is 0 Å². The Morgan fingerprint density at radius 3 is 2.18 bits per heavy atom. The van der Waals surface area contributed by atoms with E-state index in [4.69, 9.17) is 9.47 Å². The lowest BCUT2D eigenvalue weighted by molar-refractivity contribution is -0.135. The number of hydrogen-bond donors (Lipinski definition) is 0. The topological polar surface area (TPSA) is 64.0 Å². The monoisotopic (exact) mass is 533 g/mol. The summed E-state index contributed by atoms with van der Waals surface area (Å²) in [5.74, 6) is 0.763. The Bertz CT molecular complexity index is 1250. The summed E-state index contributed by atoms with van der Waals surface area (Å²) >= 11 is 0. The van der Waals surface area contributed by atoms with Gasteiger partial charge in [0.15, 0.2) is 11.5 Å². The Kier molecular flexibility index (Phi) is 10.6. The number of hydrogen-bond acceptors (Lipinski definition) is 4. The number of rotatable bonds is 13. The number of amides is 2. The summed E-state index contributed by atoms with van der Waals surface area (Å²) in [5, 5.41) is 0. The Hall–Kier alpha value is -3.74. The van der Waals surface area contributed by atoms with Crippen LogP contribution in [0.4, 0.5) is 0 Å². The number of methoxy groups -OCH3 is 2. The molecule has 0 bridgehead atoms. The van der Waals surface area contributed by atoms with Gasteiger partial charge in [0, 0.05) is 36.1 Å². The van der Waals surface area contributed by atoms with Gasteiger partial charge in [0.25, 0.3) is 5.91 Å². The number of ether oxygens (including phenoxy) is 2. The zero-order chi connectivity index (χ0) is 28.5. The lowest BCUT2D eigenvalue weighted by Gasteiger charge is -2.34. The molecular weight excluding hydrogens is 490 g/mol. The molecule has 2 atom stereocenters. The van der Waals surface area contributed by atoms with Crippen molar-refractivity contribution >= 4 is 11.8 Å². The van der Waals surface area contributed by atoms with Gasteiger partial charge in [0.2, 0.25) is 5.91 Å². The van der Waals surface area contributed by atoms with Crippen LogP contribution < -0.4 is 9.47 Å². The zero-order valence-corrected chi connectivity index (χ0v) is 24.4. The fourth-order valence-electron chi connectivity index (χ4n) is 4.62. The molecule has 210 valence electrons. The third-order valence-corrected chi connectivity index (χ3v) is 7.62. The minimum absolute atomic E-state index is 0.00499. The highest BCUT2D eigenvalue weighted by Crippen LogP contribution is 2.28. The molecule has 39 heavy (non-hydrogen) atoms. The molecule has 0 spiro atoms. The van der Waals surface area contributed by atoms with Crippen molar-refractivity contribution in [1.82, 2.24) is 14.4 Å². The molecule has 2 unspecified atom stereocenters. The minimum Gasteiger partial charge on any atom is -0.493 e. The van der Waals surface area contributed by atoms with Crippen LogP contribution in [0.2, 0.25) is 0 Å². The fourth-order valence-corrected chi connectivity index (χ4v) is 4.62. The van der Waals surface area contributed by atoms with Gasteiger partial charge < -0.3 is 23.8 Å². The second kappa shape index (κ2) is 13.9. The summed E-state index contributed by atoms with van der Waals surface area (Å²) in [6, 6.07) is 17.5. The third-order valence-electron chi connectivity index (χ3n) is 7.62. The van der Waals surface area contributed by atoms with Crippen molar-refractivity contribution in [2.75, 3.05) is 20.8 Å². The molecule has 1 heterocycles. The highest BCUT2D eigenvalue weighted by atomic mass is 16.5. The second-order valence-corrected chi connectivity index (χ2v) is 10.1. The SMILES string of the molecule is CCC(C)N(Cc1cccn1Cc1ccccc1C)C(=O)CN(C(=O)c1ccc(OC)c(OC)c1)C(C)CC. The average molecular weight is 534 g/mol. The van der Waals surface area contributed by atoms with E-state index in [0.717, 1.165) is 25.1 Å². The minimum atomic E-state index is -0.203. The summed E-state index contributed by atoms with van der Waals surface area (Å²) < 4.78 is 12.9. The van der Waals surface area contributed by atoms with Crippen LogP contribution in [0.1, 0.15) is 67.7 Å². The second-order valence-electron chi connectivity index (χ2n) is 10.1. The lowest BCUT2D eigenvalue weighted by Crippen LogP contribution is -2.48. The molecule has 2 aromatic carbocycles. The molecule has 0 fully saturated rings. The van der Waals surface area contributed by atoms with E-state index in [9.17, 15) is 9.59 Å². The number of nitrogens with zero attached hydrogens (tertiary/aromatic N) is 3. The average Bonchev–Trinajstić information content (AvgIpc) is 3.40. The highest BCUT2D eigenvalue weighted by molar-refractivity contribution is 5.97. The molecule has 2 amide bonds. The Morgan fingerprint density at radius 2 is 1.54 bits per heavy atom. The van der Waals surface area contributed by atoms with Crippen molar-refractivity contribution in [3.8, 4) is 11.5 Å². The van der Waals surface area contributed by atoms with Crippen molar-refractivity contribution in [3.63, 3.8) is 0 Å². The first-order chi connectivity index (χ1) is 18.7. The normalized spacial score (nSPS) is 12.5. The molecule has 7 heteroatoms. The number of aryl methyl sites for hydroxylation is 1. The van der Waals surface area contributed by atoms with Crippen LogP contribution in [-0.4, -0.2) is 59.0 Å². The molecule has 1 aromatic heterocycles. The molecule has 3 aromatic rings. The third kappa shape index (κ3) is 7.22. The zero-order valence-electron chi connectivity index (χ0n) is 24.4. The Balaban J connectivity index is 1.85. The van der Waals surface area contributed by atoms with Crippen LogP contribution in [-0.2, 0) is 17.9 Å². The van der Waals surface area contributed by atoms with Gasteiger partial charge in [-0.1, -0.05) is 38.1 Å². The molecule has 0 radical (unpaired) electrons. The number of carbonyl (C=O) groups excluding carboxylic acids is 2. The van der Waals surface area contributed by atoms with Gasteiger partial charge in [-0.15, -0.1) is 0 Å². The van der Waals surface area contributed by atoms with Crippen LogP contribution in [0.25, 0.3) is 0 Å². The first kappa shape index (κ1) is 29.8. The van der Waals surface area contributed by atoms with E-state index in [1.165, 1.54) is 11.1 Å². The van der Waals surface area contributed by atoms with Crippen LogP contribution in [0, 0.1) is 6.92 Å². The quantitative estimate of drug-likeness (QED) is 0.273. The molecule has 7 nitrogen and oxygen atoms in total. The van der Waals surface area contributed by atoms with Gasteiger partial charge in [-0.3, -0.25) is 9.59 Å². The maximum absolute atomic E-state index is 13.9. The van der Waals surface area contributed by atoms with E-state index < -0.39 is 0 Å². The standard InChI is InChI=1S/C32H43N3O4/c1-8-24(4)34(21-28-15-12-18-33(28)20-27-14-11-10-13-23(27)3)31(36)22-35(25(5)9-2)32(37)26-16-17-29(38-6)30(19-26)39-7/h10-19,24-25H,8-9,20-22H2,1-7H3. The predicted molar refractivity (Wildman–Crippen MR) is 155 cm³/mol. The maximum atomic E-state index is 13.9. The summed E-state index contributed by atoms with van der Waals surface area (Å²) in [6.07, 6.45) is 3.61. The first-order valence-corrected chi connectivity index (χ1v) is 13.7. The van der Waals surface area contributed by atoms with Crippen molar-refractivity contribution in [2.45, 2.75) is 72.6 Å². The van der Waals surface area contributed by atoms with Crippen molar-refractivity contribution in [2.24, 2.45) is 0 Å². The van der Waals surface area contributed by atoms with E-state index in [0.29, 0.717) is 23.6 Å². The number of benzene rings is 2. The van der Waals surface area contributed by atoms with Crippen LogP contribution in [0.15, 0.2) is 60.8 Å². The van der Waals surface area contributed by atoms with Crippen LogP contribution in [0.3, 0.4) is 0 Å². The molecule has 0 N–H and O–H groups in total. The summed E-state index contributed by atoms with van der Waals surface area (Å²) in [4.78, 5) is 31.1. The first-order valence-electron chi connectivity index (χ1n) is 13.7. The van der Waals surface area contributed by atoms with Crippen LogP contribution in [0.5, 0.6) is 11.5 Å². The van der Waals surface area contributed by atoms with E-state index in [-0.39, 0.29) is 30.4 Å². The smallest absolute Gasteiger partial charge is 0.254 e. The van der Waals surface area contributed by atoms with Gasteiger partial charge in [0.05, 0.1) is 20.8 Å². The summed E-state index contributed by atoms with van der Waals surface area (Å²) in [6.45, 7) is 11.5. The van der Waals surface area contributed by atoms with Crippen molar-refractivity contribution in [1.29, 1.82) is 0 Å².